The highest BCUT2D eigenvalue weighted by Crippen LogP contribution is 2.51. The minimum Gasteiger partial charge on any atom is -0.278 e. The highest BCUT2D eigenvalue weighted by Gasteiger charge is 2.36. The van der Waals surface area contributed by atoms with Crippen molar-refractivity contribution in [3.05, 3.63) is 157 Å². The van der Waals surface area contributed by atoms with Crippen LogP contribution in [0.1, 0.15) is 25.0 Å². The van der Waals surface area contributed by atoms with Crippen LogP contribution in [-0.4, -0.2) is 49.4 Å². The normalized spacial score (nSPS) is 13.1. The zero-order valence-electron chi connectivity index (χ0n) is 31.3. The molecule has 12 rings (SSSR count). The van der Waals surface area contributed by atoms with Crippen LogP contribution in [0.2, 0.25) is 0 Å². The largest absolute Gasteiger partial charge is 0.278 e. The Labute approximate surface area is 331 Å². The second kappa shape index (κ2) is 12.1. The summed E-state index contributed by atoms with van der Waals surface area (Å²) in [5, 5.41) is 2.12. The van der Waals surface area contributed by atoms with Crippen molar-refractivity contribution in [2.45, 2.75) is 19.3 Å². The summed E-state index contributed by atoms with van der Waals surface area (Å²) in [7, 11) is 0. The van der Waals surface area contributed by atoms with Crippen LogP contribution < -0.4 is 0 Å². The summed E-state index contributed by atoms with van der Waals surface area (Å²) in [6.07, 6.45) is 8.46. The number of hydrogen-bond donors (Lipinski definition) is 0. The molecule has 0 bridgehead atoms. The van der Waals surface area contributed by atoms with Gasteiger partial charge in [-0.3, -0.25) is 24.5 Å². The Morgan fingerprint density at radius 2 is 1.00 bits per heavy atom. The summed E-state index contributed by atoms with van der Waals surface area (Å²) < 4.78 is 2.19. The molecule has 0 amide bonds. The summed E-state index contributed by atoms with van der Waals surface area (Å²) in [5.74, 6) is 1.74. The molecule has 0 N–H and O–H groups in total. The highest BCUT2D eigenvalue weighted by molar-refractivity contribution is 6.18. The van der Waals surface area contributed by atoms with E-state index in [0.29, 0.717) is 56.4 Å². The van der Waals surface area contributed by atoms with Crippen molar-refractivity contribution < 1.29 is 0 Å². The third-order valence-corrected chi connectivity index (χ3v) is 11.5. The molecule has 1 aliphatic carbocycles. The number of aromatic nitrogens is 10. The molecule has 0 fully saturated rings. The van der Waals surface area contributed by atoms with Crippen LogP contribution in [0.5, 0.6) is 0 Å². The average Bonchev–Trinajstić information content (AvgIpc) is 3.73. The van der Waals surface area contributed by atoms with Crippen LogP contribution >= 0.6 is 0 Å². The molecule has 0 atom stereocenters. The second-order valence-corrected chi connectivity index (χ2v) is 15.1. The molecule has 272 valence electrons. The standard InChI is InChI=1S/C48H30N10/c1-48(2)34-16-10-9-15-30(34)31-24-33-32-23-29(36-26-53-43-41-39(49-19-20-51-41)40-42(44(43)54-36)52-22-21-50-40)17-18-37(32)58(38(33)25-35(31)48)47-56-45(27-11-5-3-6-12-27)55-46(57-47)28-13-7-4-8-14-28/h3-26H,1-2H3. The van der Waals surface area contributed by atoms with Crippen molar-refractivity contribution >= 4 is 54.9 Å². The Bertz CT molecular complexity index is 3400. The third kappa shape index (κ3) is 4.69. The molecule has 10 nitrogen and oxygen atoms in total. The van der Waals surface area contributed by atoms with Gasteiger partial charge in [0.2, 0.25) is 5.95 Å². The van der Waals surface area contributed by atoms with Gasteiger partial charge in [0.05, 0.1) is 22.9 Å². The van der Waals surface area contributed by atoms with Crippen LogP contribution in [0.25, 0.3) is 106 Å². The molecule has 1 aliphatic rings. The van der Waals surface area contributed by atoms with E-state index in [1.54, 1.807) is 31.0 Å². The van der Waals surface area contributed by atoms with Crippen molar-refractivity contribution in [1.82, 2.24) is 49.4 Å². The van der Waals surface area contributed by atoms with Crippen molar-refractivity contribution in [2.75, 3.05) is 0 Å². The van der Waals surface area contributed by atoms with E-state index in [1.807, 2.05) is 60.7 Å². The zero-order valence-corrected chi connectivity index (χ0v) is 31.3. The molecule has 0 spiro atoms. The molecule has 5 aromatic heterocycles. The maximum atomic E-state index is 5.20. The van der Waals surface area contributed by atoms with Crippen LogP contribution in [0.4, 0.5) is 0 Å². The van der Waals surface area contributed by atoms with Crippen LogP contribution in [0.15, 0.2) is 146 Å². The fourth-order valence-electron chi connectivity index (χ4n) is 8.72. The van der Waals surface area contributed by atoms with Gasteiger partial charge in [0, 0.05) is 57.7 Å². The van der Waals surface area contributed by atoms with Gasteiger partial charge < -0.3 is 0 Å². The van der Waals surface area contributed by atoms with Crippen LogP contribution in [0, 0.1) is 0 Å². The van der Waals surface area contributed by atoms with E-state index < -0.39 is 0 Å². The number of benzene rings is 6. The summed E-state index contributed by atoms with van der Waals surface area (Å²) in [4.78, 5) is 44.0. The lowest BCUT2D eigenvalue weighted by Gasteiger charge is -2.21. The monoisotopic (exact) mass is 746 g/mol. The Hall–Kier alpha value is -7.85. The molecule has 10 heteroatoms. The zero-order chi connectivity index (χ0) is 38.5. The Kier molecular flexibility index (Phi) is 6.74. The third-order valence-electron chi connectivity index (χ3n) is 11.5. The van der Waals surface area contributed by atoms with Gasteiger partial charge in [-0.1, -0.05) is 105 Å². The minimum atomic E-state index is -0.211. The molecule has 0 unspecified atom stereocenters. The van der Waals surface area contributed by atoms with E-state index in [9.17, 15) is 0 Å². The van der Waals surface area contributed by atoms with Crippen LogP contribution in [0.3, 0.4) is 0 Å². The smallest absolute Gasteiger partial charge is 0.238 e. The Morgan fingerprint density at radius 1 is 0.431 bits per heavy atom. The van der Waals surface area contributed by atoms with Gasteiger partial charge in [0.25, 0.3) is 0 Å². The first kappa shape index (κ1) is 32.4. The van der Waals surface area contributed by atoms with Gasteiger partial charge >= 0.3 is 0 Å². The summed E-state index contributed by atoms with van der Waals surface area (Å²) in [5.41, 5.74) is 14.1. The molecule has 11 aromatic rings. The van der Waals surface area contributed by atoms with Crippen LogP contribution in [-0.2, 0) is 5.41 Å². The van der Waals surface area contributed by atoms with Gasteiger partial charge in [-0.25, -0.2) is 15.0 Å². The molecule has 0 saturated carbocycles. The molecular weight excluding hydrogens is 717 g/mol. The SMILES string of the molecule is CC1(C)c2ccccc2-c2cc3c4cc(-c5cnc6c7nccnc7c7nccnc7c6n5)ccc4n(-c4nc(-c5ccccc5)nc(-c5ccccc5)n4)c3cc21. The Morgan fingerprint density at radius 3 is 1.66 bits per heavy atom. The molecule has 58 heavy (non-hydrogen) atoms. The van der Waals surface area contributed by atoms with Gasteiger partial charge in [0.1, 0.15) is 33.1 Å². The lowest BCUT2D eigenvalue weighted by Crippen LogP contribution is -2.15. The average molecular weight is 747 g/mol. The first-order valence-corrected chi connectivity index (χ1v) is 19.1. The first-order chi connectivity index (χ1) is 28.5. The lowest BCUT2D eigenvalue weighted by molar-refractivity contribution is 0.661. The van der Waals surface area contributed by atoms with Gasteiger partial charge in [-0.2, -0.15) is 9.97 Å². The molecule has 0 aliphatic heterocycles. The van der Waals surface area contributed by atoms with E-state index in [2.05, 4.69) is 92.9 Å². The van der Waals surface area contributed by atoms with Gasteiger partial charge in [-0.15, -0.1) is 0 Å². The number of nitrogens with zero attached hydrogens (tertiary/aromatic N) is 10. The topological polar surface area (TPSA) is 121 Å². The van der Waals surface area contributed by atoms with Gasteiger partial charge in [-0.05, 0) is 46.5 Å². The first-order valence-electron chi connectivity index (χ1n) is 19.1. The highest BCUT2D eigenvalue weighted by atomic mass is 15.2. The quantitative estimate of drug-likeness (QED) is 0.162. The molecule has 0 saturated heterocycles. The predicted molar refractivity (Wildman–Crippen MR) is 227 cm³/mol. The summed E-state index contributed by atoms with van der Waals surface area (Å²) >= 11 is 0. The van der Waals surface area contributed by atoms with Crippen molar-refractivity contribution in [3.63, 3.8) is 0 Å². The lowest BCUT2D eigenvalue weighted by atomic mass is 9.82. The van der Waals surface area contributed by atoms with E-state index in [0.717, 1.165) is 38.5 Å². The number of fused-ring (bicyclic) bond motifs is 12. The van der Waals surface area contributed by atoms with Crippen molar-refractivity contribution in [1.29, 1.82) is 0 Å². The molecule has 6 aromatic carbocycles. The second-order valence-electron chi connectivity index (χ2n) is 15.1. The van der Waals surface area contributed by atoms with Crippen molar-refractivity contribution in [2.24, 2.45) is 0 Å². The predicted octanol–water partition coefficient (Wildman–Crippen LogP) is 10.1. The van der Waals surface area contributed by atoms with Crippen molar-refractivity contribution in [3.8, 4) is 51.1 Å². The van der Waals surface area contributed by atoms with Gasteiger partial charge in [0.15, 0.2) is 11.6 Å². The summed E-state index contributed by atoms with van der Waals surface area (Å²) in [6, 6.07) is 40.0. The maximum absolute atomic E-state index is 5.20. The summed E-state index contributed by atoms with van der Waals surface area (Å²) in [6.45, 7) is 4.61. The number of hydrogen-bond acceptors (Lipinski definition) is 9. The molecule has 0 radical (unpaired) electrons. The van der Waals surface area contributed by atoms with E-state index in [-0.39, 0.29) is 5.41 Å². The fraction of sp³-hybridized carbons (Fsp3) is 0.0625. The van der Waals surface area contributed by atoms with E-state index >= 15 is 0 Å². The molecule has 5 heterocycles. The Balaban J connectivity index is 1.14. The van der Waals surface area contributed by atoms with E-state index in [1.165, 1.54) is 22.3 Å². The van der Waals surface area contributed by atoms with E-state index in [4.69, 9.17) is 24.9 Å². The molecular formula is C48H30N10. The maximum Gasteiger partial charge on any atom is 0.238 e. The number of rotatable bonds is 4. The minimum absolute atomic E-state index is 0.211. The fourth-order valence-corrected chi connectivity index (χ4v) is 8.72.